The molecule has 2 aromatic carbocycles. The summed E-state index contributed by atoms with van der Waals surface area (Å²) in [5.41, 5.74) is 4.82. The summed E-state index contributed by atoms with van der Waals surface area (Å²) in [6.45, 7) is 4.07. The summed E-state index contributed by atoms with van der Waals surface area (Å²) >= 11 is 0. The van der Waals surface area contributed by atoms with Crippen molar-refractivity contribution in [2.45, 2.75) is 13.8 Å². The molecular formula is C15H18NOP. The Labute approximate surface area is 111 Å². The second-order valence-electron chi connectivity index (χ2n) is 4.18. The summed E-state index contributed by atoms with van der Waals surface area (Å²) in [6, 6.07) is 15.9. The lowest BCUT2D eigenvalue weighted by Gasteiger charge is -2.05. The Bertz CT molecular complexity index is 482. The lowest BCUT2D eigenvalue weighted by atomic mass is 10.0. The summed E-state index contributed by atoms with van der Waals surface area (Å²) in [6.07, 6.45) is 0. The van der Waals surface area contributed by atoms with E-state index < -0.39 is 0 Å². The molecule has 1 N–H and O–H groups in total. The van der Waals surface area contributed by atoms with Crippen molar-refractivity contribution >= 4 is 15.6 Å². The van der Waals surface area contributed by atoms with Gasteiger partial charge in [-0.2, -0.15) is 9.90 Å². The van der Waals surface area contributed by atoms with Crippen LogP contribution in [-0.4, -0.2) is 10.9 Å². The Hall–Kier alpha value is -1.66. The maximum atomic E-state index is 9.16. The standard InChI is InChI=1S/C15H15NO.H3P/c1-11-3-7-13(8-4-11)15(16-17)14-9-5-12(2)6-10-14;/h3-10,17H,1-2H3;1H3. The smallest absolute Gasteiger partial charge is 0.117 e. The summed E-state index contributed by atoms with van der Waals surface area (Å²) in [4.78, 5) is 0. The Morgan fingerprint density at radius 3 is 1.39 bits per heavy atom. The molecule has 2 aromatic rings. The Morgan fingerprint density at radius 1 is 0.778 bits per heavy atom. The molecule has 0 aliphatic rings. The van der Waals surface area contributed by atoms with E-state index in [0.717, 1.165) is 11.1 Å². The minimum Gasteiger partial charge on any atom is -0.410 e. The Balaban J connectivity index is 0.00000162. The number of aryl methyl sites for hydroxylation is 2. The monoisotopic (exact) mass is 259 g/mol. The predicted octanol–water partition coefficient (Wildman–Crippen LogP) is 3.59. The van der Waals surface area contributed by atoms with Crippen LogP contribution in [0.4, 0.5) is 0 Å². The summed E-state index contributed by atoms with van der Waals surface area (Å²) in [5, 5.41) is 12.6. The van der Waals surface area contributed by atoms with Crippen molar-refractivity contribution in [3.05, 3.63) is 70.8 Å². The molecule has 3 heteroatoms. The van der Waals surface area contributed by atoms with Crippen LogP contribution < -0.4 is 0 Å². The molecule has 0 bridgehead atoms. The molecular weight excluding hydrogens is 241 g/mol. The highest BCUT2D eigenvalue weighted by atomic mass is 31.0. The van der Waals surface area contributed by atoms with Gasteiger partial charge in [0, 0.05) is 11.1 Å². The quantitative estimate of drug-likeness (QED) is 0.380. The van der Waals surface area contributed by atoms with Crippen molar-refractivity contribution in [2.24, 2.45) is 5.16 Å². The zero-order chi connectivity index (χ0) is 12.3. The molecule has 94 valence electrons. The highest BCUT2D eigenvalue weighted by Gasteiger charge is 2.06. The number of nitrogens with zero attached hydrogens (tertiary/aromatic N) is 1. The van der Waals surface area contributed by atoms with E-state index in [4.69, 9.17) is 5.21 Å². The fourth-order valence-corrected chi connectivity index (χ4v) is 1.70. The van der Waals surface area contributed by atoms with Gasteiger partial charge in [-0.15, -0.1) is 0 Å². The van der Waals surface area contributed by atoms with Gasteiger partial charge in [0.25, 0.3) is 0 Å². The number of oxime groups is 1. The molecule has 1 atom stereocenters. The molecule has 0 aromatic heterocycles. The third kappa shape index (κ3) is 3.18. The molecule has 2 rings (SSSR count). The third-order valence-electron chi connectivity index (χ3n) is 2.75. The van der Waals surface area contributed by atoms with Crippen LogP contribution in [-0.2, 0) is 0 Å². The summed E-state index contributed by atoms with van der Waals surface area (Å²) in [7, 11) is 0. The molecule has 0 fully saturated rings. The number of rotatable bonds is 2. The fourth-order valence-electron chi connectivity index (χ4n) is 1.70. The highest BCUT2D eigenvalue weighted by Crippen LogP contribution is 2.12. The average molecular weight is 259 g/mol. The Kier molecular flexibility index (Phi) is 5.06. The molecule has 0 aliphatic heterocycles. The van der Waals surface area contributed by atoms with Gasteiger partial charge in [-0.25, -0.2) is 0 Å². The van der Waals surface area contributed by atoms with E-state index in [9.17, 15) is 0 Å². The average Bonchev–Trinajstić information content (AvgIpc) is 2.35. The molecule has 0 saturated heterocycles. The van der Waals surface area contributed by atoms with E-state index >= 15 is 0 Å². The molecule has 0 spiro atoms. The second-order valence-corrected chi connectivity index (χ2v) is 4.18. The van der Waals surface area contributed by atoms with Crippen molar-refractivity contribution < 1.29 is 5.21 Å². The van der Waals surface area contributed by atoms with Crippen molar-refractivity contribution in [2.75, 3.05) is 0 Å². The second kappa shape index (κ2) is 6.32. The molecule has 2 nitrogen and oxygen atoms in total. The van der Waals surface area contributed by atoms with E-state index in [1.165, 1.54) is 11.1 Å². The van der Waals surface area contributed by atoms with Gasteiger partial charge in [0.05, 0.1) is 0 Å². The zero-order valence-corrected chi connectivity index (χ0v) is 12.1. The lowest BCUT2D eigenvalue weighted by molar-refractivity contribution is 0.319. The number of hydrogen-bond donors (Lipinski definition) is 1. The lowest BCUT2D eigenvalue weighted by Crippen LogP contribution is -2.03. The van der Waals surface area contributed by atoms with Gasteiger partial charge in [0.15, 0.2) is 0 Å². The van der Waals surface area contributed by atoms with Crippen molar-refractivity contribution in [3.63, 3.8) is 0 Å². The van der Waals surface area contributed by atoms with Gasteiger partial charge >= 0.3 is 0 Å². The minimum atomic E-state index is 0. The number of hydrogen-bond acceptors (Lipinski definition) is 2. The predicted molar refractivity (Wildman–Crippen MR) is 80.9 cm³/mol. The SMILES string of the molecule is Cc1ccc(C(=NO)c2ccc(C)cc2)cc1.P. The van der Waals surface area contributed by atoms with E-state index in [0.29, 0.717) is 5.71 Å². The summed E-state index contributed by atoms with van der Waals surface area (Å²) < 4.78 is 0. The van der Waals surface area contributed by atoms with Crippen LogP contribution in [0.3, 0.4) is 0 Å². The van der Waals surface area contributed by atoms with E-state index in [-0.39, 0.29) is 9.90 Å². The van der Waals surface area contributed by atoms with Gasteiger partial charge in [-0.05, 0) is 13.8 Å². The van der Waals surface area contributed by atoms with Crippen LogP contribution in [0.5, 0.6) is 0 Å². The van der Waals surface area contributed by atoms with Crippen LogP contribution in [0.15, 0.2) is 53.7 Å². The van der Waals surface area contributed by atoms with Gasteiger partial charge in [0.1, 0.15) is 5.71 Å². The normalized spacial score (nSPS) is 9.44. The van der Waals surface area contributed by atoms with Crippen molar-refractivity contribution in [1.29, 1.82) is 0 Å². The van der Waals surface area contributed by atoms with Crippen molar-refractivity contribution in [3.8, 4) is 0 Å². The maximum Gasteiger partial charge on any atom is 0.117 e. The van der Waals surface area contributed by atoms with E-state index in [2.05, 4.69) is 5.16 Å². The van der Waals surface area contributed by atoms with Gasteiger partial charge in [0.2, 0.25) is 0 Å². The summed E-state index contributed by atoms with van der Waals surface area (Å²) in [5.74, 6) is 0. The van der Waals surface area contributed by atoms with Crippen LogP contribution in [0, 0.1) is 13.8 Å². The first-order chi connectivity index (χ1) is 8.20. The first-order valence-corrected chi connectivity index (χ1v) is 5.57. The first-order valence-electron chi connectivity index (χ1n) is 5.57. The minimum absolute atomic E-state index is 0. The fraction of sp³-hybridized carbons (Fsp3) is 0.133. The van der Waals surface area contributed by atoms with Crippen LogP contribution in [0.2, 0.25) is 0 Å². The molecule has 0 aliphatic carbocycles. The zero-order valence-electron chi connectivity index (χ0n) is 10.7. The molecule has 0 saturated carbocycles. The molecule has 18 heavy (non-hydrogen) atoms. The topological polar surface area (TPSA) is 32.6 Å². The van der Waals surface area contributed by atoms with Crippen molar-refractivity contribution in [1.82, 2.24) is 0 Å². The maximum absolute atomic E-state index is 9.16. The van der Waals surface area contributed by atoms with E-state index in [1.54, 1.807) is 0 Å². The van der Waals surface area contributed by atoms with Gasteiger partial charge in [-0.1, -0.05) is 64.8 Å². The van der Waals surface area contributed by atoms with Crippen LogP contribution in [0.25, 0.3) is 0 Å². The van der Waals surface area contributed by atoms with Gasteiger partial charge in [-0.3, -0.25) is 0 Å². The third-order valence-corrected chi connectivity index (χ3v) is 2.75. The van der Waals surface area contributed by atoms with Crippen LogP contribution >= 0.6 is 9.90 Å². The molecule has 0 radical (unpaired) electrons. The Morgan fingerprint density at radius 2 is 1.11 bits per heavy atom. The van der Waals surface area contributed by atoms with Gasteiger partial charge < -0.3 is 5.21 Å². The molecule has 0 heterocycles. The molecule has 0 amide bonds. The largest absolute Gasteiger partial charge is 0.410 e. The first kappa shape index (κ1) is 14.4. The van der Waals surface area contributed by atoms with Crippen LogP contribution in [0.1, 0.15) is 22.3 Å². The number of benzene rings is 2. The highest BCUT2D eigenvalue weighted by molar-refractivity contribution is 6.92. The molecule has 1 unspecified atom stereocenters. The van der Waals surface area contributed by atoms with E-state index in [1.807, 2.05) is 62.4 Å².